The number of nitrogens with zero attached hydrogens (tertiary/aromatic N) is 4. The van der Waals surface area contributed by atoms with Crippen molar-refractivity contribution >= 4 is 11.6 Å². The highest BCUT2D eigenvalue weighted by atomic mass is 16.1. The van der Waals surface area contributed by atoms with Crippen LogP contribution in [0.15, 0.2) is 48.8 Å². The van der Waals surface area contributed by atoms with Gasteiger partial charge in [0.05, 0.1) is 11.4 Å². The SMILES string of the molecule is O=C1CCN(Cc2ccccn2)CC1.O=C1CCN(Cc2ccccn2)CC1. The van der Waals surface area contributed by atoms with Gasteiger partial charge in [0, 0.05) is 77.3 Å². The zero-order chi connectivity index (χ0) is 19.6. The molecule has 148 valence electrons. The molecule has 0 saturated carbocycles. The molecule has 0 atom stereocenters. The van der Waals surface area contributed by atoms with Crippen LogP contribution < -0.4 is 0 Å². The van der Waals surface area contributed by atoms with Gasteiger partial charge < -0.3 is 0 Å². The fraction of sp³-hybridized carbons (Fsp3) is 0.455. The van der Waals surface area contributed by atoms with Crippen LogP contribution in [-0.2, 0) is 22.7 Å². The van der Waals surface area contributed by atoms with Crippen molar-refractivity contribution < 1.29 is 9.59 Å². The second kappa shape index (κ2) is 10.8. The van der Waals surface area contributed by atoms with Gasteiger partial charge in [-0.2, -0.15) is 0 Å². The summed E-state index contributed by atoms with van der Waals surface area (Å²) < 4.78 is 0. The molecule has 2 saturated heterocycles. The first-order valence-corrected chi connectivity index (χ1v) is 9.97. The lowest BCUT2D eigenvalue weighted by molar-refractivity contribution is -0.122. The van der Waals surface area contributed by atoms with Gasteiger partial charge in [-0.05, 0) is 24.3 Å². The van der Waals surface area contributed by atoms with E-state index in [0.29, 0.717) is 37.2 Å². The number of rotatable bonds is 4. The van der Waals surface area contributed by atoms with E-state index in [9.17, 15) is 9.59 Å². The van der Waals surface area contributed by atoms with E-state index < -0.39 is 0 Å². The number of likely N-dealkylation sites (tertiary alicyclic amines) is 2. The van der Waals surface area contributed by atoms with Gasteiger partial charge in [-0.1, -0.05) is 12.1 Å². The Balaban J connectivity index is 0.000000161. The predicted octanol–water partition coefficient (Wildman–Crippen LogP) is 2.49. The molecule has 2 aliphatic rings. The molecule has 0 bridgehead atoms. The Morgan fingerprint density at radius 2 is 1.04 bits per heavy atom. The lowest BCUT2D eigenvalue weighted by Gasteiger charge is -2.25. The van der Waals surface area contributed by atoms with Crippen molar-refractivity contribution in [3.05, 3.63) is 60.2 Å². The van der Waals surface area contributed by atoms with E-state index in [1.807, 2.05) is 48.8 Å². The molecule has 6 heteroatoms. The standard InChI is InChI=1S/2C11H14N2O/c2*14-11-4-7-13(8-5-11)9-10-3-1-2-6-12-10/h2*1-3,6H,4-5,7-9H2. The van der Waals surface area contributed by atoms with E-state index >= 15 is 0 Å². The fourth-order valence-corrected chi connectivity index (χ4v) is 3.36. The average Bonchev–Trinajstić information content (AvgIpc) is 2.74. The molecule has 0 aliphatic carbocycles. The van der Waals surface area contributed by atoms with Crippen molar-refractivity contribution in [2.75, 3.05) is 26.2 Å². The molecular weight excluding hydrogens is 352 g/mol. The van der Waals surface area contributed by atoms with Gasteiger partial charge in [0.25, 0.3) is 0 Å². The van der Waals surface area contributed by atoms with Gasteiger partial charge in [0.1, 0.15) is 11.6 Å². The van der Waals surface area contributed by atoms with Crippen LogP contribution in [0, 0.1) is 0 Å². The first-order chi connectivity index (χ1) is 13.7. The average molecular weight is 380 g/mol. The summed E-state index contributed by atoms with van der Waals surface area (Å²) in [5.41, 5.74) is 2.17. The van der Waals surface area contributed by atoms with Crippen LogP contribution in [0.5, 0.6) is 0 Å². The molecule has 0 N–H and O–H groups in total. The molecule has 2 aromatic heterocycles. The van der Waals surface area contributed by atoms with Gasteiger partial charge in [-0.25, -0.2) is 0 Å². The minimum absolute atomic E-state index is 0.391. The Bertz CT molecular complexity index is 666. The molecule has 28 heavy (non-hydrogen) atoms. The topological polar surface area (TPSA) is 66.4 Å². The Morgan fingerprint density at radius 1 is 0.643 bits per heavy atom. The second-order valence-electron chi connectivity index (χ2n) is 7.27. The van der Waals surface area contributed by atoms with E-state index in [1.54, 1.807) is 0 Å². The maximum absolute atomic E-state index is 11.0. The number of carbonyl (C=O) groups is 2. The van der Waals surface area contributed by atoms with Crippen LogP contribution in [0.25, 0.3) is 0 Å². The zero-order valence-electron chi connectivity index (χ0n) is 16.3. The molecule has 0 radical (unpaired) electrons. The van der Waals surface area contributed by atoms with Crippen molar-refractivity contribution in [1.29, 1.82) is 0 Å². The maximum atomic E-state index is 11.0. The monoisotopic (exact) mass is 380 g/mol. The molecule has 0 unspecified atom stereocenters. The minimum Gasteiger partial charge on any atom is -0.300 e. The van der Waals surface area contributed by atoms with Gasteiger partial charge in [-0.3, -0.25) is 29.4 Å². The molecule has 0 amide bonds. The first kappa shape index (κ1) is 20.3. The van der Waals surface area contributed by atoms with Gasteiger partial charge >= 0.3 is 0 Å². The van der Waals surface area contributed by atoms with Crippen molar-refractivity contribution in [3.63, 3.8) is 0 Å². The molecule has 4 rings (SSSR count). The lowest BCUT2D eigenvalue weighted by Crippen LogP contribution is -2.33. The van der Waals surface area contributed by atoms with Crippen molar-refractivity contribution in [3.8, 4) is 0 Å². The van der Waals surface area contributed by atoms with Crippen LogP contribution in [0.1, 0.15) is 37.1 Å². The second-order valence-corrected chi connectivity index (χ2v) is 7.27. The number of Topliss-reactive ketones (excluding diaryl/α,β-unsaturated/α-hetero) is 2. The third-order valence-electron chi connectivity index (χ3n) is 5.05. The molecule has 2 aliphatic heterocycles. The molecule has 0 aromatic carbocycles. The molecular formula is C22H28N4O2. The quantitative estimate of drug-likeness (QED) is 0.812. The number of hydrogen-bond acceptors (Lipinski definition) is 6. The third-order valence-corrected chi connectivity index (χ3v) is 5.05. The van der Waals surface area contributed by atoms with Crippen molar-refractivity contribution in [1.82, 2.24) is 19.8 Å². The molecule has 6 nitrogen and oxygen atoms in total. The third kappa shape index (κ3) is 6.94. The highest BCUT2D eigenvalue weighted by molar-refractivity contribution is 5.79. The Hall–Kier alpha value is -2.44. The predicted molar refractivity (Wildman–Crippen MR) is 108 cm³/mol. The summed E-state index contributed by atoms with van der Waals surface area (Å²) in [6, 6.07) is 11.9. The highest BCUT2D eigenvalue weighted by Crippen LogP contribution is 2.10. The molecule has 2 aromatic rings. The van der Waals surface area contributed by atoms with E-state index in [2.05, 4.69) is 19.8 Å². The number of ketones is 2. The number of aromatic nitrogens is 2. The van der Waals surface area contributed by atoms with Crippen molar-refractivity contribution in [2.24, 2.45) is 0 Å². The maximum Gasteiger partial charge on any atom is 0.135 e. The summed E-state index contributed by atoms with van der Waals surface area (Å²) in [7, 11) is 0. The number of hydrogen-bond donors (Lipinski definition) is 0. The molecule has 2 fully saturated rings. The molecule has 0 spiro atoms. The lowest BCUT2D eigenvalue weighted by atomic mass is 10.1. The largest absolute Gasteiger partial charge is 0.300 e. The Kier molecular flexibility index (Phi) is 7.82. The van der Waals surface area contributed by atoms with Crippen molar-refractivity contribution in [2.45, 2.75) is 38.8 Å². The van der Waals surface area contributed by atoms with Crippen LogP contribution in [0.2, 0.25) is 0 Å². The van der Waals surface area contributed by atoms with Crippen LogP contribution >= 0.6 is 0 Å². The Morgan fingerprint density at radius 3 is 1.36 bits per heavy atom. The number of carbonyl (C=O) groups excluding carboxylic acids is 2. The van der Waals surface area contributed by atoms with Crippen LogP contribution in [0.3, 0.4) is 0 Å². The van der Waals surface area contributed by atoms with Gasteiger partial charge in [0.15, 0.2) is 0 Å². The fourth-order valence-electron chi connectivity index (χ4n) is 3.36. The van der Waals surface area contributed by atoms with Gasteiger partial charge in [0.2, 0.25) is 0 Å². The summed E-state index contributed by atoms with van der Waals surface area (Å²) in [4.78, 5) is 35.1. The van der Waals surface area contributed by atoms with E-state index in [-0.39, 0.29) is 0 Å². The summed E-state index contributed by atoms with van der Waals surface area (Å²) >= 11 is 0. The minimum atomic E-state index is 0.391. The number of pyridine rings is 2. The van der Waals surface area contributed by atoms with E-state index in [0.717, 1.165) is 50.7 Å². The number of piperidine rings is 2. The van der Waals surface area contributed by atoms with Crippen LogP contribution in [0.4, 0.5) is 0 Å². The van der Waals surface area contributed by atoms with Crippen LogP contribution in [-0.4, -0.2) is 57.5 Å². The van der Waals surface area contributed by atoms with E-state index in [4.69, 9.17) is 0 Å². The van der Waals surface area contributed by atoms with E-state index in [1.165, 1.54) is 0 Å². The first-order valence-electron chi connectivity index (χ1n) is 9.97. The summed E-state index contributed by atoms with van der Waals surface area (Å²) in [6.45, 7) is 5.28. The highest BCUT2D eigenvalue weighted by Gasteiger charge is 2.16. The Labute approximate surface area is 166 Å². The van der Waals surface area contributed by atoms with Gasteiger partial charge in [-0.15, -0.1) is 0 Å². The normalized spacial score (nSPS) is 18.4. The smallest absolute Gasteiger partial charge is 0.135 e. The zero-order valence-corrected chi connectivity index (χ0v) is 16.3. The molecule has 4 heterocycles. The summed E-state index contributed by atoms with van der Waals surface area (Å²) in [5, 5.41) is 0. The summed E-state index contributed by atoms with van der Waals surface area (Å²) in [5.74, 6) is 0.782. The summed E-state index contributed by atoms with van der Waals surface area (Å²) in [6.07, 6.45) is 6.42.